The first-order valence-corrected chi connectivity index (χ1v) is 18.0. The SMILES string of the molecule is NC(=O)[C@@H](NC(=O)CNC(=O)[C@@H]1CC(=O)CN1C(=O)CNC(=O)[C@H](CCC(=O)C(=O)NCc1ccccc1)NC(=O)c1ccncc1C(=O)O)C1CCCCC1. The summed E-state index contributed by atoms with van der Waals surface area (Å²) in [6, 6.07) is 6.04. The zero-order chi connectivity index (χ0) is 40.8. The van der Waals surface area contributed by atoms with Gasteiger partial charge >= 0.3 is 5.97 Å². The summed E-state index contributed by atoms with van der Waals surface area (Å²) in [5, 5.41) is 21.5. The summed E-state index contributed by atoms with van der Waals surface area (Å²) >= 11 is 0. The van der Waals surface area contributed by atoms with Crippen molar-refractivity contribution in [2.75, 3.05) is 19.6 Å². The van der Waals surface area contributed by atoms with Gasteiger partial charge in [-0.25, -0.2) is 4.79 Å². The first kappa shape index (κ1) is 42.2. The Bertz CT molecular complexity index is 1850. The third kappa shape index (κ3) is 12.0. The van der Waals surface area contributed by atoms with Crippen LogP contribution >= 0.6 is 0 Å². The number of aromatic carboxylic acids is 1. The number of aromatic nitrogens is 1. The Balaban J connectivity index is 1.37. The van der Waals surface area contributed by atoms with E-state index >= 15 is 0 Å². The molecule has 1 aliphatic heterocycles. The Hall–Kier alpha value is -6.53. The summed E-state index contributed by atoms with van der Waals surface area (Å²) in [5.74, 6) is -9.07. The van der Waals surface area contributed by atoms with Crippen molar-refractivity contribution >= 4 is 58.9 Å². The molecule has 4 rings (SSSR count). The van der Waals surface area contributed by atoms with Gasteiger partial charge in [-0.05, 0) is 36.8 Å². The second kappa shape index (κ2) is 20.2. The van der Waals surface area contributed by atoms with Crippen LogP contribution in [0.4, 0.5) is 0 Å². The van der Waals surface area contributed by atoms with Crippen LogP contribution < -0.4 is 32.3 Å². The second-order valence-electron chi connectivity index (χ2n) is 13.4. The number of benzene rings is 1. The third-order valence-corrected chi connectivity index (χ3v) is 9.48. The molecule has 19 nitrogen and oxygen atoms in total. The van der Waals surface area contributed by atoms with Gasteiger partial charge in [-0.3, -0.25) is 48.1 Å². The molecule has 298 valence electrons. The molecular formula is C37H44N8O11. The van der Waals surface area contributed by atoms with Crippen LogP contribution in [0.3, 0.4) is 0 Å². The summed E-state index contributed by atoms with van der Waals surface area (Å²) in [6.45, 7) is -1.76. The van der Waals surface area contributed by atoms with E-state index in [0.717, 1.165) is 48.2 Å². The lowest BCUT2D eigenvalue weighted by Gasteiger charge is -2.29. The predicted molar refractivity (Wildman–Crippen MR) is 194 cm³/mol. The maximum atomic E-state index is 13.4. The van der Waals surface area contributed by atoms with Gasteiger partial charge in [-0.2, -0.15) is 0 Å². The minimum atomic E-state index is -1.56. The van der Waals surface area contributed by atoms with Gasteiger partial charge in [0.25, 0.3) is 11.8 Å². The third-order valence-electron chi connectivity index (χ3n) is 9.48. The molecule has 2 aromatic rings. The highest BCUT2D eigenvalue weighted by Crippen LogP contribution is 2.26. The molecule has 0 unspecified atom stereocenters. The van der Waals surface area contributed by atoms with E-state index in [9.17, 15) is 53.1 Å². The van der Waals surface area contributed by atoms with Crippen molar-refractivity contribution in [3.8, 4) is 0 Å². The topological polar surface area (TPSA) is 293 Å². The van der Waals surface area contributed by atoms with Crippen molar-refractivity contribution in [1.29, 1.82) is 0 Å². The van der Waals surface area contributed by atoms with Gasteiger partial charge in [0.2, 0.25) is 35.3 Å². The van der Waals surface area contributed by atoms with E-state index in [2.05, 4.69) is 31.6 Å². The number of carbonyl (C=O) groups excluding carboxylic acids is 9. The molecule has 1 aromatic carbocycles. The number of hydrogen-bond acceptors (Lipinski definition) is 11. The van der Waals surface area contributed by atoms with Crippen LogP contribution in [0.2, 0.25) is 0 Å². The predicted octanol–water partition coefficient (Wildman–Crippen LogP) is -1.50. The van der Waals surface area contributed by atoms with Crippen LogP contribution in [0.15, 0.2) is 48.8 Å². The molecule has 19 heteroatoms. The largest absolute Gasteiger partial charge is 0.478 e. The normalized spacial score (nSPS) is 16.5. The van der Waals surface area contributed by atoms with Crippen molar-refractivity contribution in [2.45, 2.75) is 76.0 Å². The lowest BCUT2D eigenvalue weighted by molar-refractivity contribution is -0.139. The van der Waals surface area contributed by atoms with E-state index in [0.29, 0.717) is 12.8 Å². The first-order valence-electron chi connectivity index (χ1n) is 18.0. The number of amides is 7. The molecule has 1 saturated carbocycles. The van der Waals surface area contributed by atoms with Crippen LogP contribution in [0.1, 0.15) is 77.6 Å². The van der Waals surface area contributed by atoms with Gasteiger partial charge in [0.1, 0.15) is 18.1 Å². The van der Waals surface area contributed by atoms with Gasteiger partial charge in [0, 0.05) is 31.8 Å². The number of carbonyl (C=O) groups is 10. The van der Waals surface area contributed by atoms with Crippen molar-refractivity contribution in [2.24, 2.45) is 11.7 Å². The Labute approximate surface area is 320 Å². The number of nitrogens with two attached hydrogens (primary N) is 1. The van der Waals surface area contributed by atoms with Crippen molar-refractivity contribution in [1.82, 2.24) is 36.5 Å². The molecule has 2 heterocycles. The number of nitrogens with one attached hydrogen (secondary N) is 5. The molecule has 2 fully saturated rings. The molecule has 0 bridgehead atoms. The van der Waals surface area contributed by atoms with Crippen LogP contribution in [-0.2, 0) is 44.9 Å². The Kier molecular flexibility index (Phi) is 15.3. The number of carboxylic acids is 1. The summed E-state index contributed by atoms with van der Waals surface area (Å²) in [6.07, 6.45) is 4.96. The number of hydrogen-bond donors (Lipinski definition) is 7. The fourth-order valence-corrected chi connectivity index (χ4v) is 6.51. The van der Waals surface area contributed by atoms with E-state index < -0.39 is 115 Å². The zero-order valence-electron chi connectivity index (χ0n) is 30.4. The molecule has 1 saturated heterocycles. The average Bonchev–Trinajstić information content (AvgIpc) is 3.60. The molecule has 3 atom stereocenters. The quantitative estimate of drug-likeness (QED) is 0.0852. The first-order chi connectivity index (χ1) is 26.7. The number of primary amides is 1. The highest BCUT2D eigenvalue weighted by molar-refractivity contribution is 6.36. The maximum Gasteiger partial charge on any atom is 0.338 e. The lowest BCUT2D eigenvalue weighted by Crippen LogP contribution is -2.54. The van der Waals surface area contributed by atoms with Crippen LogP contribution in [-0.4, -0.2) is 112 Å². The highest BCUT2D eigenvalue weighted by atomic mass is 16.4. The molecule has 7 amide bonds. The summed E-state index contributed by atoms with van der Waals surface area (Å²) in [4.78, 5) is 131. The fourth-order valence-electron chi connectivity index (χ4n) is 6.51. The molecule has 1 aliphatic carbocycles. The molecule has 56 heavy (non-hydrogen) atoms. The minimum absolute atomic E-state index is 0.0512. The molecule has 0 radical (unpaired) electrons. The van der Waals surface area contributed by atoms with Crippen LogP contribution in [0, 0.1) is 5.92 Å². The monoisotopic (exact) mass is 776 g/mol. The number of nitrogens with zero attached hydrogens (tertiary/aromatic N) is 2. The number of likely N-dealkylation sites (tertiary alicyclic amines) is 1. The van der Waals surface area contributed by atoms with E-state index in [1.807, 2.05) is 0 Å². The number of Topliss-reactive ketones (excluding diaryl/α,β-unsaturated/α-hetero) is 2. The number of pyridine rings is 1. The minimum Gasteiger partial charge on any atom is -0.478 e. The number of carboxylic acid groups (broad SMARTS) is 1. The van der Waals surface area contributed by atoms with E-state index in [-0.39, 0.29) is 24.4 Å². The van der Waals surface area contributed by atoms with Gasteiger partial charge in [0.15, 0.2) is 5.78 Å². The van der Waals surface area contributed by atoms with Gasteiger partial charge in [-0.15, -0.1) is 0 Å². The smallest absolute Gasteiger partial charge is 0.338 e. The standard InChI is InChI=1S/C37H44N8O11/c38-32(50)31(22-9-5-2-6-10-22)44-29(48)18-41-35(53)27-15-23(46)20-45(27)30(49)19-42-34(52)26(43-33(51)24-13-14-39-17-25(24)37(55)56)11-12-28(47)36(54)40-16-21-7-3-1-4-8-21/h1,3-4,7-8,13-14,17,22,26-27,31H,2,5-6,9-12,15-16,18-20H2,(H2,38,50)(H,40,54)(H,41,53)(H,42,52)(H,43,51)(H,44,48)(H,55,56)/t26-,27-,31-/m0/s1. The second-order valence-corrected chi connectivity index (χ2v) is 13.4. The van der Waals surface area contributed by atoms with E-state index in [4.69, 9.17) is 5.73 Å². The van der Waals surface area contributed by atoms with Crippen LogP contribution in [0.25, 0.3) is 0 Å². The number of ketones is 2. The van der Waals surface area contributed by atoms with E-state index in [1.54, 1.807) is 30.3 Å². The summed E-state index contributed by atoms with van der Waals surface area (Å²) in [7, 11) is 0. The Morgan fingerprint density at radius 3 is 2.27 bits per heavy atom. The highest BCUT2D eigenvalue weighted by Gasteiger charge is 2.39. The fraction of sp³-hybridized carbons (Fsp3) is 0.432. The van der Waals surface area contributed by atoms with E-state index in [1.165, 1.54) is 0 Å². The van der Waals surface area contributed by atoms with Gasteiger partial charge in [0.05, 0.1) is 30.8 Å². The molecule has 1 aromatic heterocycles. The molecule has 2 aliphatic rings. The zero-order valence-corrected chi connectivity index (χ0v) is 30.4. The van der Waals surface area contributed by atoms with Gasteiger partial charge in [-0.1, -0.05) is 49.6 Å². The van der Waals surface area contributed by atoms with Crippen molar-refractivity contribution in [3.05, 3.63) is 65.5 Å². The van der Waals surface area contributed by atoms with Crippen LogP contribution in [0.5, 0.6) is 0 Å². The summed E-state index contributed by atoms with van der Waals surface area (Å²) in [5.41, 5.74) is 5.41. The summed E-state index contributed by atoms with van der Waals surface area (Å²) < 4.78 is 0. The lowest BCUT2D eigenvalue weighted by atomic mass is 9.83. The van der Waals surface area contributed by atoms with Gasteiger partial charge < -0.3 is 42.3 Å². The number of rotatable bonds is 18. The van der Waals surface area contributed by atoms with Crippen molar-refractivity contribution < 1.29 is 53.1 Å². The molecule has 0 spiro atoms. The maximum absolute atomic E-state index is 13.4. The van der Waals surface area contributed by atoms with Crippen molar-refractivity contribution in [3.63, 3.8) is 0 Å². The Morgan fingerprint density at radius 1 is 0.875 bits per heavy atom. The Morgan fingerprint density at radius 2 is 1.59 bits per heavy atom. The molecular weight excluding hydrogens is 732 g/mol. The average molecular weight is 777 g/mol. The molecule has 8 N–H and O–H groups in total.